The SMILES string of the molecule is c1ccc(N(c2ccccc2)c2ccc(-c3ccc(-c4ccc(N(c5ccc(N(c6ccccc6)c6ccccc6)cc5)c5ccc(N(c6ccccc6)c6ccccc6)cc5)cc4)s3)cc2)cc1. The molecule has 11 aromatic rings. The molecule has 1 heterocycles. The summed E-state index contributed by atoms with van der Waals surface area (Å²) in [4.78, 5) is 11.7. The lowest BCUT2D eigenvalue weighted by Crippen LogP contribution is -2.13. The van der Waals surface area contributed by atoms with Crippen molar-refractivity contribution in [3.05, 3.63) is 291 Å². The minimum Gasteiger partial charge on any atom is -0.311 e. The topological polar surface area (TPSA) is 13.0 Å². The van der Waals surface area contributed by atoms with E-state index in [-0.39, 0.29) is 0 Å². The molecule has 0 unspecified atom stereocenters. The number of rotatable bonds is 14. The number of hydrogen-bond donors (Lipinski definition) is 0. The summed E-state index contributed by atoms with van der Waals surface area (Å²) in [6, 6.07) is 103. The largest absolute Gasteiger partial charge is 0.311 e. The van der Waals surface area contributed by atoms with Crippen molar-refractivity contribution in [1.29, 1.82) is 0 Å². The molecule has 0 saturated heterocycles. The Hall–Kier alpha value is -8.90. The van der Waals surface area contributed by atoms with Gasteiger partial charge in [-0.1, -0.05) is 133 Å². The first-order valence-corrected chi connectivity index (χ1v) is 24.1. The van der Waals surface area contributed by atoms with Gasteiger partial charge in [0.05, 0.1) is 0 Å². The molecule has 0 atom stereocenters. The van der Waals surface area contributed by atoms with E-state index in [2.05, 4.69) is 311 Å². The van der Waals surface area contributed by atoms with E-state index >= 15 is 0 Å². The maximum Gasteiger partial charge on any atom is 0.0463 e. The maximum absolute atomic E-state index is 2.34. The number of anilines is 12. The van der Waals surface area contributed by atoms with Crippen LogP contribution in [0.4, 0.5) is 68.2 Å². The van der Waals surface area contributed by atoms with E-state index in [1.165, 1.54) is 20.9 Å². The number of thiophene rings is 1. The highest BCUT2D eigenvalue weighted by Crippen LogP contribution is 2.43. The van der Waals surface area contributed by atoms with Gasteiger partial charge in [-0.05, 0) is 169 Å². The molecule has 0 aliphatic rings. The smallest absolute Gasteiger partial charge is 0.0463 e. The molecule has 69 heavy (non-hydrogen) atoms. The van der Waals surface area contributed by atoms with Crippen LogP contribution < -0.4 is 19.6 Å². The summed E-state index contributed by atoms with van der Waals surface area (Å²) in [7, 11) is 0. The molecule has 0 fully saturated rings. The average molecular weight is 905 g/mol. The second-order valence-electron chi connectivity index (χ2n) is 16.6. The molecule has 0 amide bonds. The molecule has 0 bridgehead atoms. The van der Waals surface area contributed by atoms with Crippen LogP contribution in [0, 0.1) is 0 Å². The lowest BCUT2D eigenvalue weighted by molar-refractivity contribution is 1.24. The van der Waals surface area contributed by atoms with Gasteiger partial charge in [0.2, 0.25) is 0 Å². The Bertz CT molecular complexity index is 3090. The van der Waals surface area contributed by atoms with Crippen molar-refractivity contribution in [2.45, 2.75) is 0 Å². The molecule has 5 heteroatoms. The second-order valence-corrected chi connectivity index (χ2v) is 17.7. The van der Waals surface area contributed by atoms with Crippen LogP contribution in [0.5, 0.6) is 0 Å². The van der Waals surface area contributed by atoms with E-state index in [1.807, 2.05) is 11.3 Å². The van der Waals surface area contributed by atoms with Crippen LogP contribution in [-0.2, 0) is 0 Å². The van der Waals surface area contributed by atoms with E-state index in [9.17, 15) is 0 Å². The molecule has 10 aromatic carbocycles. The molecule has 4 nitrogen and oxygen atoms in total. The van der Waals surface area contributed by atoms with Crippen molar-refractivity contribution >= 4 is 79.6 Å². The highest BCUT2D eigenvalue weighted by Gasteiger charge is 2.19. The first-order valence-electron chi connectivity index (χ1n) is 23.3. The van der Waals surface area contributed by atoms with Crippen LogP contribution in [-0.4, -0.2) is 0 Å². The number of para-hydroxylation sites is 6. The minimum atomic E-state index is 1.06. The molecular weight excluding hydrogens is 857 g/mol. The second kappa shape index (κ2) is 19.9. The molecule has 0 N–H and O–H groups in total. The van der Waals surface area contributed by atoms with Crippen molar-refractivity contribution in [1.82, 2.24) is 0 Å². The number of nitrogens with zero attached hydrogens (tertiary/aromatic N) is 4. The summed E-state index contributed by atoms with van der Waals surface area (Å²) < 4.78 is 0. The van der Waals surface area contributed by atoms with Gasteiger partial charge < -0.3 is 19.6 Å². The van der Waals surface area contributed by atoms with Gasteiger partial charge in [-0.3, -0.25) is 0 Å². The van der Waals surface area contributed by atoms with Crippen molar-refractivity contribution < 1.29 is 0 Å². The Morgan fingerprint density at radius 2 is 0.319 bits per heavy atom. The van der Waals surface area contributed by atoms with Gasteiger partial charge in [0.1, 0.15) is 0 Å². The first-order chi connectivity index (χ1) is 34.2. The maximum atomic E-state index is 2.34. The fourth-order valence-corrected chi connectivity index (χ4v) is 9.97. The molecule has 1 aromatic heterocycles. The third-order valence-corrected chi connectivity index (χ3v) is 13.4. The molecule has 11 rings (SSSR count). The Labute approximate surface area is 409 Å². The zero-order valence-electron chi connectivity index (χ0n) is 37.9. The van der Waals surface area contributed by atoms with E-state index in [0.717, 1.165) is 68.2 Å². The summed E-state index contributed by atoms with van der Waals surface area (Å²) in [6.45, 7) is 0. The van der Waals surface area contributed by atoms with E-state index in [4.69, 9.17) is 0 Å². The van der Waals surface area contributed by atoms with Gasteiger partial charge in [-0.15, -0.1) is 11.3 Å². The molecular formula is C64H48N4S. The zero-order chi connectivity index (χ0) is 46.2. The van der Waals surface area contributed by atoms with Crippen LogP contribution in [0.25, 0.3) is 20.9 Å². The van der Waals surface area contributed by atoms with Crippen molar-refractivity contribution in [3.63, 3.8) is 0 Å². The van der Waals surface area contributed by atoms with Crippen LogP contribution in [0.15, 0.2) is 291 Å². The predicted molar refractivity (Wildman–Crippen MR) is 294 cm³/mol. The quantitative estimate of drug-likeness (QED) is 0.108. The molecule has 0 saturated carbocycles. The Balaban J connectivity index is 0.916. The lowest BCUT2D eigenvalue weighted by Gasteiger charge is -2.29. The first kappa shape index (κ1) is 42.7. The number of hydrogen-bond acceptors (Lipinski definition) is 5. The summed E-state index contributed by atoms with van der Waals surface area (Å²) in [5.74, 6) is 0. The Kier molecular flexibility index (Phi) is 12.3. The third kappa shape index (κ3) is 9.28. The highest BCUT2D eigenvalue weighted by molar-refractivity contribution is 7.18. The van der Waals surface area contributed by atoms with E-state index < -0.39 is 0 Å². The fraction of sp³-hybridized carbons (Fsp3) is 0. The monoisotopic (exact) mass is 904 g/mol. The summed E-state index contributed by atoms with van der Waals surface area (Å²) >= 11 is 1.82. The van der Waals surface area contributed by atoms with Crippen LogP contribution in [0.3, 0.4) is 0 Å². The summed E-state index contributed by atoms with van der Waals surface area (Å²) in [6.07, 6.45) is 0. The van der Waals surface area contributed by atoms with Gasteiger partial charge in [-0.2, -0.15) is 0 Å². The van der Waals surface area contributed by atoms with Crippen LogP contribution >= 0.6 is 11.3 Å². The van der Waals surface area contributed by atoms with Crippen LogP contribution in [0.1, 0.15) is 0 Å². The normalized spacial score (nSPS) is 10.9. The molecule has 0 spiro atoms. The van der Waals surface area contributed by atoms with Crippen molar-refractivity contribution in [3.8, 4) is 20.9 Å². The molecule has 0 aliphatic carbocycles. The van der Waals surface area contributed by atoms with Gasteiger partial charge >= 0.3 is 0 Å². The summed E-state index contributed by atoms with van der Waals surface area (Å²) in [5, 5.41) is 0. The van der Waals surface area contributed by atoms with Gasteiger partial charge in [0.15, 0.2) is 0 Å². The summed E-state index contributed by atoms with van der Waals surface area (Å²) in [5.41, 5.74) is 15.5. The molecule has 0 radical (unpaired) electrons. The van der Waals surface area contributed by atoms with Gasteiger partial charge in [0, 0.05) is 78.0 Å². The van der Waals surface area contributed by atoms with Crippen molar-refractivity contribution in [2.75, 3.05) is 19.6 Å². The van der Waals surface area contributed by atoms with Gasteiger partial charge in [-0.25, -0.2) is 0 Å². The minimum absolute atomic E-state index is 1.06. The van der Waals surface area contributed by atoms with Gasteiger partial charge in [0.25, 0.3) is 0 Å². The zero-order valence-corrected chi connectivity index (χ0v) is 38.7. The molecule has 0 aliphatic heterocycles. The standard InChI is InChI=1S/C64H48N4S/c1-7-19-51(20-8-1)65(52-21-9-2-10-22-52)57-35-31-49(32-36-57)63-47-48-64(69-63)50-33-37-58(38-34-50)68(61-43-39-59(40-44-61)66(53-23-11-3-12-24-53)54-25-13-4-14-26-54)62-45-41-60(42-46-62)67(55-27-15-5-16-28-55)56-29-17-6-18-30-56/h1-48H. The Morgan fingerprint density at radius 3 is 0.507 bits per heavy atom. The van der Waals surface area contributed by atoms with E-state index in [1.54, 1.807) is 0 Å². The number of benzene rings is 10. The third-order valence-electron chi connectivity index (χ3n) is 12.2. The Morgan fingerprint density at radius 1 is 0.159 bits per heavy atom. The van der Waals surface area contributed by atoms with Crippen LogP contribution in [0.2, 0.25) is 0 Å². The van der Waals surface area contributed by atoms with E-state index in [0.29, 0.717) is 0 Å². The predicted octanol–water partition coefficient (Wildman–Crippen LogP) is 19.0. The fourth-order valence-electron chi connectivity index (χ4n) is 8.95. The highest BCUT2D eigenvalue weighted by atomic mass is 32.1. The lowest BCUT2D eigenvalue weighted by atomic mass is 10.1. The van der Waals surface area contributed by atoms with Crippen molar-refractivity contribution in [2.24, 2.45) is 0 Å². The average Bonchev–Trinajstić information content (AvgIpc) is 3.93. The molecule has 330 valence electrons.